The van der Waals surface area contributed by atoms with E-state index in [2.05, 4.69) is 5.10 Å². The van der Waals surface area contributed by atoms with Gasteiger partial charge in [0.1, 0.15) is 11.3 Å². The fourth-order valence-electron chi connectivity index (χ4n) is 3.02. The number of carbonyl (C=O) groups is 1. The van der Waals surface area contributed by atoms with Crippen molar-refractivity contribution in [1.29, 1.82) is 5.26 Å². The van der Waals surface area contributed by atoms with E-state index in [1.807, 2.05) is 0 Å². The third kappa shape index (κ3) is 3.76. The summed E-state index contributed by atoms with van der Waals surface area (Å²) < 4.78 is 78.5. The predicted molar refractivity (Wildman–Crippen MR) is 88.5 cm³/mol. The number of nitrogens with zero attached hydrogens (tertiary/aromatic N) is 4. The minimum absolute atomic E-state index is 0.00314. The number of nitriles is 1. The maximum Gasteiger partial charge on any atom is 0.431 e. The van der Waals surface area contributed by atoms with E-state index in [0.29, 0.717) is 6.07 Å². The van der Waals surface area contributed by atoms with Crippen molar-refractivity contribution in [2.75, 3.05) is 18.5 Å². The van der Waals surface area contributed by atoms with Crippen molar-refractivity contribution in [2.24, 2.45) is 5.10 Å². The molecule has 11 heteroatoms. The van der Waals surface area contributed by atoms with Crippen LogP contribution in [0.2, 0.25) is 0 Å². The summed E-state index contributed by atoms with van der Waals surface area (Å²) in [6, 6.07) is 4.09. The quantitative estimate of drug-likeness (QED) is 0.715. The van der Waals surface area contributed by atoms with Crippen LogP contribution in [0.5, 0.6) is 0 Å². The number of amides is 1. The molecule has 0 radical (unpaired) electrons. The van der Waals surface area contributed by atoms with Gasteiger partial charge in [0.05, 0.1) is 17.2 Å². The maximum absolute atomic E-state index is 13.1. The molecule has 1 aromatic rings. The predicted octanol–water partition coefficient (Wildman–Crippen LogP) is 3.94. The van der Waals surface area contributed by atoms with E-state index >= 15 is 0 Å². The van der Waals surface area contributed by atoms with Gasteiger partial charge in [0, 0.05) is 25.7 Å². The largest absolute Gasteiger partial charge is 0.431 e. The average Bonchev–Trinajstić information content (AvgIpc) is 2.97. The van der Waals surface area contributed by atoms with E-state index < -0.39 is 47.1 Å². The van der Waals surface area contributed by atoms with Gasteiger partial charge in [-0.2, -0.15) is 36.7 Å². The molecule has 1 amide bonds. The molecule has 2 rings (SSSR count). The zero-order chi connectivity index (χ0) is 21.5. The summed E-state index contributed by atoms with van der Waals surface area (Å²) in [4.78, 5) is 13.8. The lowest BCUT2D eigenvalue weighted by atomic mass is 9.93. The summed E-state index contributed by atoms with van der Waals surface area (Å²) in [6.07, 6.45) is -10.3. The standard InChI is InChI=1S/C17H16F6N4O/c1-4-27-15(2,8-13(25-27)17(21,22)23)14(28)26(3)11-6-5-10(9-24)12(7-11)16(18,19)20/h5-7H,4,8H2,1-3H3. The molecule has 5 nitrogen and oxygen atoms in total. The van der Waals surface area contributed by atoms with Gasteiger partial charge in [0.15, 0.2) is 0 Å². The van der Waals surface area contributed by atoms with E-state index in [-0.39, 0.29) is 12.2 Å². The Labute approximate surface area is 156 Å². The molecule has 0 saturated carbocycles. The van der Waals surface area contributed by atoms with Crippen molar-refractivity contribution in [3.63, 3.8) is 0 Å². The SMILES string of the molecule is CCN1N=C(C(F)(F)F)CC1(C)C(=O)N(C)c1ccc(C#N)c(C(F)(F)F)c1. The lowest BCUT2D eigenvalue weighted by molar-refractivity contribution is -0.138. The molecular formula is C17H16F6N4O. The Morgan fingerprint density at radius 1 is 1.29 bits per heavy atom. The van der Waals surface area contributed by atoms with Gasteiger partial charge >= 0.3 is 12.4 Å². The fourth-order valence-corrected chi connectivity index (χ4v) is 3.02. The highest BCUT2D eigenvalue weighted by Gasteiger charge is 2.52. The summed E-state index contributed by atoms with van der Waals surface area (Å²) in [5, 5.41) is 13.3. The van der Waals surface area contributed by atoms with Crippen molar-refractivity contribution in [3.05, 3.63) is 29.3 Å². The van der Waals surface area contributed by atoms with Crippen LogP contribution in [0.4, 0.5) is 32.0 Å². The molecule has 1 unspecified atom stereocenters. The monoisotopic (exact) mass is 406 g/mol. The number of alkyl halides is 6. The lowest BCUT2D eigenvalue weighted by Gasteiger charge is -2.35. The smallest absolute Gasteiger partial charge is 0.313 e. The molecule has 0 bridgehead atoms. The van der Waals surface area contributed by atoms with E-state index in [1.54, 1.807) is 0 Å². The molecule has 0 aromatic heterocycles. The highest BCUT2D eigenvalue weighted by Crippen LogP contribution is 2.38. The molecule has 1 aliphatic rings. The number of benzene rings is 1. The summed E-state index contributed by atoms with van der Waals surface area (Å²) in [7, 11) is 1.16. The van der Waals surface area contributed by atoms with Crippen LogP contribution in [0.15, 0.2) is 23.3 Å². The Morgan fingerprint density at radius 2 is 1.89 bits per heavy atom. The Kier molecular flexibility index (Phi) is 5.38. The van der Waals surface area contributed by atoms with Crippen LogP contribution >= 0.6 is 0 Å². The third-order valence-corrected chi connectivity index (χ3v) is 4.53. The van der Waals surface area contributed by atoms with E-state index in [4.69, 9.17) is 5.26 Å². The van der Waals surface area contributed by atoms with Crippen molar-refractivity contribution in [1.82, 2.24) is 5.01 Å². The summed E-state index contributed by atoms with van der Waals surface area (Å²) in [6.45, 7) is 2.76. The van der Waals surface area contributed by atoms with Gasteiger partial charge in [-0.1, -0.05) is 0 Å². The van der Waals surface area contributed by atoms with Gasteiger partial charge in [0.2, 0.25) is 0 Å². The third-order valence-electron chi connectivity index (χ3n) is 4.53. The number of hydrogen-bond acceptors (Lipinski definition) is 4. The first kappa shape index (κ1) is 21.5. The Balaban J connectivity index is 2.41. The fraction of sp³-hybridized carbons (Fsp3) is 0.471. The minimum Gasteiger partial charge on any atom is -0.313 e. The van der Waals surface area contributed by atoms with Crippen LogP contribution in [0.1, 0.15) is 31.4 Å². The number of halogens is 6. The Hall–Kier alpha value is -2.77. The van der Waals surface area contributed by atoms with Crippen LogP contribution in [0.25, 0.3) is 0 Å². The van der Waals surface area contributed by atoms with E-state index in [1.165, 1.54) is 19.9 Å². The van der Waals surface area contributed by atoms with Gasteiger partial charge in [-0.3, -0.25) is 9.80 Å². The number of likely N-dealkylation sites (N-methyl/N-ethyl adjacent to an activating group) is 2. The second-order valence-electron chi connectivity index (χ2n) is 6.41. The second kappa shape index (κ2) is 7.00. The Morgan fingerprint density at radius 3 is 2.36 bits per heavy atom. The summed E-state index contributed by atoms with van der Waals surface area (Å²) in [5.41, 5.74) is -4.89. The van der Waals surface area contributed by atoms with Gasteiger partial charge in [-0.05, 0) is 32.0 Å². The molecule has 0 fully saturated rings. The molecule has 1 aliphatic heterocycles. The normalized spacial score (nSPS) is 20.0. The van der Waals surface area contributed by atoms with Crippen LogP contribution in [0.3, 0.4) is 0 Å². The lowest BCUT2D eigenvalue weighted by Crippen LogP contribution is -2.53. The van der Waals surface area contributed by atoms with Gasteiger partial charge in [0.25, 0.3) is 5.91 Å². The molecular weight excluding hydrogens is 390 g/mol. The first-order chi connectivity index (χ1) is 12.8. The van der Waals surface area contributed by atoms with E-state index in [9.17, 15) is 31.1 Å². The average molecular weight is 406 g/mol. The van der Waals surface area contributed by atoms with Gasteiger partial charge in [-0.15, -0.1) is 0 Å². The maximum atomic E-state index is 13.1. The van der Waals surface area contributed by atoms with Crippen LogP contribution in [-0.4, -0.2) is 41.9 Å². The molecule has 152 valence electrons. The van der Waals surface area contributed by atoms with Crippen LogP contribution < -0.4 is 4.90 Å². The molecule has 0 N–H and O–H groups in total. The Bertz CT molecular complexity index is 855. The number of hydrazone groups is 1. The first-order valence-corrected chi connectivity index (χ1v) is 8.07. The first-order valence-electron chi connectivity index (χ1n) is 8.07. The molecule has 1 heterocycles. The van der Waals surface area contributed by atoms with Crippen molar-refractivity contribution in [2.45, 2.75) is 38.2 Å². The van der Waals surface area contributed by atoms with Gasteiger partial charge < -0.3 is 4.90 Å². The summed E-state index contributed by atoms with van der Waals surface area (Å²) >= 11 is 0. The minimum atomic E-state index is -4.83. The summed E-state index contributed by atoms with van der Waals surface area (Å²) in [5.74, 6) is -0.852. The van der Waals surface area contributed by atoms with Crippen LogP contribution in [0, 0.1) is 11.3 Å². The number of hydrogen-bond donors (Lipinski definition) is 0. The molecule has 0 spiro atoms. The number of anilines is 1. The zero-order valence-corrected chi connectivity index (χ0v) is 15.1. The van der Waals surface area contributed by atoms with E-state index in [0.717, 1.165) is 29.1 Å². The zero-order valence-electron chi connectivity index (χ0n) is 15.1. The van der Waals surface area contributed by atoms with Crippen LogP contribution in [-0.2, 0) is 11.0 Å². The second-order valence-corrected chi connectivity index (χ2v) is 6.41. The molecule has 0 saturated heterocycles. The topological polar surface area (TPSA) is 59.7 Å². The molecule has 0 aliphatic carbocycles. The number of rotatable bonds is 3. The molecule has 1 aromatic carbocycles. The highest BCUT2D eigenvalue weighted by atomic mass is 19.4. The highest BCUT2D eigenvalue weighted by molar-refractivity contribution is 6.05. The van der Waals surface area contributed by atoms with Gasteiger partial charge in [-0.25, -0.2) is 0 Å². The van der Waals surface area contributed by atoms with Crippen molar-refractivity contribution >= 4 is 17.3 Å². The number of carbonyl (C=O) groups excluding carboxylic acids is 1. The van der Waals surface area contributed by atoms with Crippen molar-refractivity contribution < 1.29 is 31.1 Å². The van der Waals surface area contributed by atoms with Crippen molar-refractivity contribution in [3.8, 4) is 6.07 Å². The molecule has 1 atom stereocenters. The molecule has 28 heavy (non-hydrogen) atoms.